The van der Waals surface area contributed by atoms with E-state index in [1.807, 2.05) is 6.92 Å². The van der Waals surface area contributed by atoms with Crippen molar-refractivity contribution in [2.24, 2.45) is 0 Å². The van der Waals surface area contributed by atoms with Crippen LogP contribution < -0.4 is 4.90 Å². The monoisotopic (exact) mass is 228 g/mol. The van der Waals surface area contributed by atoms with Crippen molar-refractivity contribution in [2.75, 3.05) is 24.7 Å². The molecule has 1 saturated heterocycles. The fourth-order valence-corrected chi connectivity index (χ4v) is 2.07. The molecule has 0 aromatic heterocycles. The highest BCUT2D eigenvalue weighted by Crippen LogP contribution is 2.19. The number of hydrogen-bond donors (Lipinski definition) is 0. The zero-order valence-corrected chi connectivity index (χ0v) is 10.6. The van der Waals surface area contributed by atoms with Crippen LogP contribution in [0.5, 0.6) is 0 Å². The maximum atomic E-state index is 2.41. The lowest BCUT2D eigenvalue weighted by Gasteiger charge is -2.21. The van der Waals surface area contributed by atoms with Crippen LogP contribution in [0.4, 0.5) is 5.69 Å². The van der Waals surface area contributed by atoms with Gasteiger partial charge in [0.1, 0.15) is 0 Å². The molecule has 0 aliphatic carbocycles. The Kier molecular flexibility index (Phi) is 3.86. The lowest BCUT2D eigenvalue weighted by molar-refractivity contribution is 0.431. The number of allylic oxidation sites excluding steroid dienone is 4. The highest BCUT2D eigenvalue weighted by molar-refractivity contribution is 5.46. The van der Waals surface area contributed by atoms with Gasteiger partial charge in [-0.1, -0.05) is 30.4 Å². The van der Waals surface area contributed by atoms with Crippen LogP contribution >= 0.6 is 0 Å². The Labute approximate surface area is 104 Å². The molecular formula is C15H20N2. The Morgan fingerprint density at radius 2 is 1.94 bits per heavy atom. The third kappa shape index (κ3) is 2.90. The quantitative estimate of drug-likeness (QED) is 0.733. The summed E-state index contributed by atoms with van der Waals surface area (Å²) in [5.74, 6) is 0. The second kappa shape index (κ2) is 5.58. The molecule has 1 aromatic rings. The first kappa shape index (κ1) is 11.8. The van der Waals surface area contributed by atoms with Gasteiger partial charge in [0.25, 0.3) is 0 Å². The van der Waals surface area contributed by atoms with Crippen molar-refractivity contribution >= 4 is 5.69 Å². The molecule has 0 N–H and O–H groups in total. The van der Waals surface area contributed by atoms with Crippen molar-refractivity contribution in [1.82, 2.24) is 4.90 Å². The van der Waals surface area contributed by atoms with Crippen LogP contribution in [0.2, 0.25) is 0 Å². The van der Waals surface area contributed by atoms with E-state index in [1.54, 1.807) is 0 Å². The highest BCUT2D eigenvalue weighted by Gasteiger charge is 2.19. The zero-order chi connectivity index (χ0) is 12.1. The van der Waals surface area contributed by atoms with Gasteiger partial charge in [-0.05, 0) is 32.1 Å². The van der Waals surface area contributed by atoms with E-state index in [2.05, 4.69) is 65.3 Å². The number of rotatable bonds is 3. The molecule has 2 heteroatoms. The van der Waals surface area contributed by atoms with E-state index in [9.17, 15) is 0 Å². The molecule has 17 heavy (non-hydrogen) atoms. The second-order valence-electron chi connectivity index (χ2n) is 4.34. The van der Waals surface area contributed by atoms with E-state index in [0.717, 1.165) is 19.8 Å². The van der Waals surface area contributed by atoms with E-state index in [0.29, 0.717) is 0 Å². The van der Waals surface area contributed by atoms with Gasteiger partial charge in [-0.3, -0.25) is 0 Å². The third-order valence-corrected chi connectivity index (χ3v) is 3.13. The lowest BCUT2D eigenvalue weighted by atomic mass is 10.3. The fourth-order valence-electron chi connectivity index (χ4n) is 2.07. The van der Waals surface area contributed by atoms with Gasteiger partial charge in [0.2, 0.25) is 0 Å². The molecule has 0 amide bonds. The summed E-state index contributed by atoms with van der Waals surface area (Å²) >= 11 is 0. The third-order valence-electron chi connectivity index (χ3n) is 3.13. The van der Waals surface area contributed by atoms with Crippen molar-refractivity contribution in [1.29, 1.82) is 0 Å². The topological polar surface area (TPSA) is 6.48 Å². The van der Waals surface area contributed by atoms with E-state index < -0.39 is 0 Å². The number of hydrogen-bond acceptors (Lipinski definition) is 2. The summed E-state index contributed by atoms with van der Waals surface area (Å²) < 4.78 is 0. The van der Waals surface area contributed by atoms with Crippen molar-refractivity contribution in [3.05, 3.63) is 54.3 Å². The fraction of sp³-hybridized carbons (Fsp3) is 0.333. The normalized spacial score (nSPS) is 17.2. The Hall–Kier alpha value is -1.70. The Bertz CT molecular complexity index is 406. The molecule has 0 spiro atoms. The van der Waals surface area contributed by atoms with Crippen LogP contribution in [0.25, 0.3) is 0 Å². The Morgan fingerprint density at radius 3 is 2.65 bits per heavy atom. The zero-order valence-electron chi connectivity index (χ0n) is 10.6. The molecule has 1 aliphatic rings. The first-order valence-corrected chi connectivity index (χ1v) is 6.16. The van der Waals surface area contributed by atoms with Gasteiger partial charge in [-0.25, -0.2) is 0 Å². The molecule has 90 valence electrons. The summed E-state index contributed by atoms with van der Waals surface area (Å²) in [4.78, 5) is 4.82. The van der Waals surface area contributed by atoms with Gasteiger partial charge in [-0.2, -0.15) is 0 Å². The number of nitrogens with zero attached hydrogens (tertiary/aromatic N) is 2. The maximum Gasteiger partial charge on any atom is 0.0901 e. The first-order chi connectivity index (χ1) is 8.31. The molecule has 0 radical (unpaired) electrons. The molecule has 0 bridgehead atoms. The number of anilines is 1. The van der Waals surface area contributed by atoms with E-state index in [1.165, 1.54) is 11.4 Å². The van der Waals surface area contributed by atoms with Gasteiger partial charge in [0.05, 0.1) is 6.67 Å². The van der Waals surface area contributed by atoms with Crippen LogP contribution in [-0.2, 0) is 0 Å². The molecule has 0 atom stereocenters. The van der Waals surface area contributed by atoms with Crippen LogP contribution in [0.1, 0.15) is 13.8 Å². The van der Waals surface area contributed by atoms with Crippen LogP contribution in [0, 0.1) is 0 Å². The SMILES string of the molecule is C/C=C\C=C(/C)N1CCN(c2ccccc2)C1. The number of benzene rings is 1. The highest BCUT2D eigenvalue weighted by atomic mass is 15.4. The first-order valence-electron chi connectivity index (χ1n) is 6.16. The Balaban J connectivity index is 2.01. The van der Waals surface area contributed by atoms with Crippen LogP contribution in [0.15, 0.2) is 54.3 Å². The smallest absolute Gasteiger partial charge is 0.0901 e. The van der Waals surface area contributed by atoms with Gasteiger partial charge in [-0.15, -0.1) is 0 Å². The molecule has 2 rings (SSSR count). The average Bonchev–Trinajstić information content (AvgIpc) is 2.86. The van der Waals surface area contributed by atoms with Gasteiger partial charge < -0.3 is 9.80 Å². The molecule has 2 nitrogen and oxygen atoms in total. The average molecular weight is 228 g/mol. The molecule has 0 saturated carbocycles. The molecular weight excluding hydrogens is 208 g/mol. The minimum absolute atomic E-state index is 0.990. The van der Waals surface area contributed by atoms with Gasteiger partial charge in [0.15, 0.2) is 0 Å². The van der Waals surface area contributed by atoms with Crippen LogP contribution in [0.3, 0.4) is 0 Å². The molecule has 1 aliphatic heterocycles. The van der Waals surface area contributed by atoms with E-state index in [-0.39, 0.29) is 0 Å². The standard InChI is InChI=1S/C15H20N2/c1-3-4-8-14(2)16-11-12-17(13-16)15-9-6-5-7-10-15/h3-10H,11-13H2,1-2H3/b4-3-,14-8+. The minimum atomic E-state index is 0.990. The minimum Gasteiger partial charge on any atom is -0.356 e. The number of para-hydroxylation sites is 1. The molecule has 1 heterocycles. The summed E-state index contributed by atoms with van der Waals surface area (Å²) in [5, 5.41) is 0. The predicted octanol–water partition coefficient (Wildman–Crippen LogP) is 3.25. The summed E-state index contributed by atoms with van der Waals surface area (Å²) in [6.45, 7) is 7.42. The van der Waals surface area contributed by atoms with Gasteiger partial charge >= 0.3 is 0 Å². The largest absolute Gasteiger partial charge is 0.356 e. The summed E-state index contributed by atoms with van der Waals surface area (Å²) in [6.07, 6.45) is 6.34. The van der Waals surface area contributed by atoms with E-state index in [4.69, 9.17) is 0 Å². The van der Waals surface area contributed by atoms with Crippen molar-refractivity contribution in [3.8, 4) is 0 Å². The van der Waals surface area contributed by atoms with Crippen molar-refractivity contribution < 1.29 is 0 Å². The molecule has 0 unspecified atom stereocenters. The maximum absolute atomic E-state index is 2.41. The molecule has 1 aromatic carbocycles. The summed E-state index contributed by atoms with van der Waals surface area (Å²) in [6, 6.07) is 10.6. The summed E-state index contributed by atoms with van der Waals surface area (Å²) in [7, 11) is 0. The van der Waals surface area contributed by atoms with Crippen molar-refractivity contribution in [3.63, 3.8) is 0 Å². The molecule has 1 fully saturated rings. The summed E-state index contributed by atoms with van der Waals surface area (Å²) in [5.41, 5.74) is 2.65. The Morgan fingerprint density at radius 1 is 1.18 bits per heavy atom. The second-order valence-corrected chi connectivity index (χ2v) is 4.34. The lowest BCUT2D eigenvalue weighted by Crippen LogP contribution is -2.23. The van der Waals surface area contributed by atoms with Gasteiger partial charge in [0, 0.05) is 24.5 Å². The van der Waals surface area contributed by atoms with Crippen LogP contribution in [-0.4, -0.2) is 24.7 Å². The van der Waals surface area contributed by atoms with E-state index >= 15 is 0 Å². The van der Waals surface area contributed by atoms with Crippen molar-refractivity contribution in [2.45, 2.75) is 13.8 Å². The predicted molar refractivity (Wildman–Crippen MR) is 73.9 cm³/mol.